The van der Waals surface area contributed by atoms with E-state index in [1.165, 1.54) is 25.3 Å². The van der Waals surface area contributed by atoms with E-state index in [-0.39, 0.29) is 18.1 Å². The predicted molar refractivity (Wildman–Crippen MR) is 127 cm³/mol. The molecular weight excluding hydrogens is 436 g/mol. The van der Waals surface area contributed by atoms with E-state index in [0.29, 0.717) is 18.0 Å². The summed E-state index contributed by atoms with van der Waals surface area (Å²) in [6, 6.07) is 13.2. The summed E-state index contributed by atoms with van der Waals surface area (Å²) in [5, 5.41) is 2.80. The molecule has 0 atom stereocenters. The zero-order chi connectivity index (χ0) is 22.9. The van der Waals surface area contributed by atoms with Crippen LogP contribution in [0.1, 0.15) is 17.5 Å². The molecule has 0 spiro atoms. The fourth-order valence-corrected chi connectivity index (χ4v) is 4.62. The summed E-state index contributed by atoms with van der Waals surface area (Å²) in [5.41, 5.74) is 2.80. The maximum absolute atomic E-state index is 12.4. The Morgan fingerprint density at radius 2 is 1.81 bits per heavy atom. The molecule has 0 aliphatic carbocycles. The molecule has 0 aliphatic heterocycles. The van der Waals surface area contributed by atoms with Gasteiger partial charge in [-0.1, -0.05) is 29.8 Å². The highest BCUT2D eigenvalue weighted by molar-refractivity contribution is 7.98. The molecule has 9 heteroatoms. The van der Waals surface area contributed by atoms with Crippen molar-refractivity contribution in [2.45, 2.75) is 19.1 Å². The summed E-state index contributed by atoms with van der Waals surface area (Å²) in [6.45, 7) is 2.23. The van der Waals surface area contributed by atoms with E-state index >= 15 is 0 Å². The number of anilines is 1. The second-order valence-electron chi connectivity index (χ2n) is 7.05. The van der Waals surface area contributed by atoms with Crippen LogP contribution in [0.3, 0.4) is 0 Å². The Morgan fingerprint density at radius 3 is 2.42 bits per heavy atom. The molecule has 2 aromatic carbocycles. The Labute approximate surface area is 189 Å². The van der Waals surface area contributed by atoms with Gasteiger partial charge in [0.2, 0.25) is 15.9 Å². The smallest absolute Gasteiger partial charge is 0.240 e. The Bertz CT molecular complexity index is 962. The van der Waals surface area contributed by atoms with Crippen molar-refractivity contribution < 1.29 is 22.7 Å². The highest BCUT2D eigenvalue weighted by Crippen LogP contribution is 2.33. The van der Waals surface area contributed by atoms with Crippen molar-refractivity contribution in [1.82, 2.24) is 5.32 Å². The number of aryl methyl sites for hydroxylation is 1. The number of carbonyl (C=O) groups is 1. The molecule has 0 unspecified atom stereocenters. The van der Waals surface area contributed by atoms with Crippen molar-refractivity contribution in [2.24, 2.45) is 0 Å². The molecule has 170 valence electrons. The zero-order valence-electron chi connectivity index (χ0n) is 18.4. The number of rotatable bonds is 12. The van der Waals surface area contributed by atoms with Gasteiger partial charge in [0.15, 0.2) is 0 Å². The van der Waals surface area contributed by atoms with Crippen molar-refractivity contribution in [3.8, 4) is 11.5 Å². The third-order valence-electron chi connectivity index (χ3n) is 4.52. The van der Waals surface area contributed by atoms with Crippen LogP contribution in [-0.2, 0) is 20.6 Å². The Morgan fingerprint density at radius 1 is 1.10 bits per heavy atom. The fraction of sp³-hybridized carbons (Fsp3) is 0.409. The normalized spacial score (nSPS) is 11.1. The monoisotopic (exact) mass is 466 g/mol. The number of hydrogen-bond acceptors (Lipinski definition) is 6. The summed E-state index contributed by atoms with van der Waals surface area (Å²) >= 11 is 1.80. The van der Waals surface area contributed by atoms with Crippen LogP contribution in [0.2, 0.25) is 0 Å². The number of carbonyl (C=O) groups excluding carboxylic acids is 1. The van der Waals surface area contributed by atoms with Crippen LogP contribution in [0.15, 0.2) is 42.5 Å². The molecule has 31 heavy (non-hydrogen) atoms. The van der Waals surface area contributed by atoms with Crippen molar-refractivity contribution in [3.05, 3.63) is 53.6 Å². The minimum absolute atomic E-state index is 0.287. The molecular formula is C22H30N2O5S2. The van der Waals surface area contributed by atoms with Crippen molar-refractivity contribution in [3.63, 3.8) is 0 Å². The Hall–Kier alpha value is -2.39. The van der Waals surface area contributed by atoms with E-state index in [1.807, 2.05) is 0 Å². The van der Waals surface area contributed by atoms with Gasteiger partial charge in [0.05, 0.1) is 26.2 Å². The van der Waals surface area contributed by atoms with Gasteiger partial charge >= 0.3 is 0 Å². The zero-order valence-corrected chi connectivity index (χ0v) is 20.0. The number of amides is 1. The molecule has 0 saturated carbocycles. The first-order valence-electron chi connectivity index (χ1n) is 9.84. The van der Waals surface area contributed by atoms with Gasteiger partial charge in [0, 0.05) is 18.4 Å². The van der Waals surface area contributed by atoms with Crippen LogP contribution < -0.4 is 19.1 Å². The first-order chi connectivity index (χ1) is 14.7. The topological polar surface area (TPSA) is 84.9 Å². The average Bonchev–Trinajstić information content (AvgIpc) is 2.74. The van der Waals surface area contributed by atoms with Gasteiger partial charge in [-0.05, 0) is 36.8 Å². The lowest BCUT2D eigenvalue weighted by Crippen LogP contribution is -2.40. The summed E-state index contributed by atoms with van der Waals surface area (Å²) in [6.07, 6.45) is 1.86. The maximum atomic E-state index is 12.4. The first kappa shape index (κ1) is 24.9. The van der Waals surface area contributed by atoms with Gasteiger partial charge in [-0.15, -0.1) is 0 Å². The lowest BCUT2D eigenvalue weighted by Gasteiger charge is -2.24. The fourth-order valence-electron chi connectivity index (χ4n) is 2.83. The van der Waals surface area contributed by atoms with E-state index in [4.69, 9.17) is 9.47 Å². The third-order valence-corrected chi connectivity index (χ3v) is 6.76. The van der Waals surface area contributed by atoms with E-state index in [9.17, 15) is 13.2 Å². The average molecular weight is 467 g/mol. The van der Waals surface area contributed by atoms with Crippen LogP contribution in [0, 0.1) is 6.92 Å². The molecule has 0 fully saturated rings. The molecule has 2 aromatic rings. The number of thioether (sulfide) groups is 1. The molecule has 7 nitrogen and oxygen atoms in total. The molecule has 2 rings (SSSR count). The van der Waals surface area contributed by atoms with Gasteiger partial charge in [-0.3, -0.25) is 9.10 Å². The molecule has 0 aromatic heterocycles. The Balaban J connectivity index is 1.85. The van der Waals surface area contributed by atoms with Crippen LogP contribution in [0.4, 0.5) is 5.69 Å². The third kappa shape index (κ3) is 7.99. The van der Waals surface area contributed by atoms with Gasteiger partial charge in [0.25, 0.3) is 0 Å². The van der Waals surface area contributed by atoms with Crippen LogP contribution >= 0.6 is 11.8 Å². The molecule has 0 heterocycles. The summed E-state index contributed by atoms with van der Waals surface area (Å²) in [7, 11) is -0.744. The molecule has 0 aliphatic rings. The summed E-state index contributed by atoms with van der Waals surface area (Å²) in [5.74, 6) is 2.29. The van der Waals surface area contributed by atoms with Gasteiger partial charge in [-0.2, -0.15) is 11.8 Å². The lowest BCUT2D eigenvalue weighted by atomic mass is 10.2. The summed E-state index contributed by atoms with van der Waals surface area (Å²) < 4.78 is 36.1. The van der Waals surface area contributed by atoms with E-state index < -0.39 is 10.0 Å². The van der Waals surface area contributed by atoms with E-state index in [2.05, 4.69) is 36.5 Å². The highest BCUT2D eigenvalue weighted by atomic mass is 32.2. The van der Waals surface area contributed by atoms with Crippen LogP contribution in [0.5, 0.6) is 11.5 Å². The molecule has 0 radical (unpaired) electrons. The minimum Gasteiger partial charge on any atom is -0.497 e. The first-order valence-corrected chi connectivity index (χ1v) is 12.8. The molecule has 0 saturated heterocycles. The number of nitrogens with zero attached hydrogens (tertiary/aromatic N) is 1. The SMILES string of the molecule is COc1ccc(N(CC(=O)NCCCSCc2ccc(C)cc2)S(C)(=O)=O)c(OC)c1. The lowest BCUT2D eigenvalue weighted by molar-refractivity contribution is -0.119. The van der Waals surface area contributed by atoms with Crippen LogP contribution in [-0.4, -0.2) is 53.6 Å². The van der Waals surface area contributed by atoms with Gasteiger partial charge in [0.1, 0.15) is 18.0 Å². The van der Waals surface area contributed by atoms with E-state index in [1.54, 1.807) is 30.0 Å². The quantitative estimate of drug-likeness (QED) is 0.484. The number of methoxy groups -OCH3 is 2. The second kappa shape index (κ2) is 11.9. The number of nitrogens with one attached hydrogen (secondary N) is 1. The number of benzene rings is 2. The highest BCUT2D eigenvalue weighted by Gasteiger charge is 2.24. The number of sulfonamides is 1. The number of hydrogen-bond donors (Lipinski definition) is 1. The van der Waals surface area contributed by atoms with Crippen molar-refractivity contribution in [2.75, 3.05) is 43.6 Å². The van der Waals surface area contributed by atoms with Crippen LogP contribution in [0.25, 0.3) is 0 Å². The molecule has 1 amide bonds. The Kier molecular flexibility index (Phi) is 9.51. The second-order valence-corrected chi connectivity index (χ2v) is 10.1. The largest absolute Gasteiger partial charge is 0.497 e. The van der Waals surface area contributed by atoms with Crippen molar-refractivity contribution >= 4 is 33.4 Å². The minimum atomic E-state index is -3.69. The molecule has 0 bridgehead atoms. The van der Waals surface area contributed by atoms with E-state index in [0.717, 1.165) is 28.5 Å². The van der Waals surface area contributed by atoms with Gasteiger partial charge in [-0.25, -0.2) is 8.42 Å². The van der Waals surface area contributed by atoms with Crippen molar-refractivity contribution in [1.29, 1.82) is 0 Å². The standard InChI is InChI=1S/C22H30N2O5S2/c1-17-6-8-18(9-7-17)16-30-13-5-12-23-22(25)15-24(31(4,26)27)20-11-10-19(28-2)14-21(20)29-3/h6-11,14H,5,12-13,15-16H2,1-4H3,(H,23,25). The van der Waals surface area contributed by atoms with Gasteiger partial charge < -0.3 is 14.8 Å². The maximum Gasteiger partial charge on any atom is 0.240 e. The predicted octanol–water partition coefficient (Wildman–Crippen LogP) is 3.22. The molecule has 1 N–H and O–H groups in total. The number of ether oxygens (including phenoxy) is 2. The summed E-state index contributed by atoms with van der Waals surface area (Å²) in [4.78, 5) is 12.4.